The Balaban J connectivity index is 1.65. The number of aryl methyl sites for hydroxylation is 1. The number of rotatable bonds is 5. The Morgan fingerprint density at radius 1 is 1.46 bits per heavy atom. The van der Waals surface area contributed by atoms with Crippen molar-refractivity contribution in [2.24, 2.45) is 12.0 Å². The summed E-state index contributed by atoms with van der Waals surface area (Å²) in [6, 6.07) is 6.67. The van der Waals surface area contributed by atoms with Crippen molar-refractivity contribution < 1.29 is 4.39 Å². The fraction of sp³-hybridized carbons (Fsp3) is 0.450. The average molecular weight is 383 g/mol. The topological polar surface area (TPSA) is 81.3 Å². The third kappa shape index (κ3) is 5.00. The van der Waals surface area contributed by atoms with Gasteiger partial charge < -0.3 is 15.5 Å². The lowest BCUT2D eigenvalue weighted by Crippen LogP contribution is -2.51. The third-order valence-electron chi connectivity index (χ3n) is 4.75. The number of benzene rings is 1. The highest BCUT2D eigenvalue weighted by molar-refractivity contribution is 5.80. The Hall–Kier alpha value is -3.08. The molecular formula is C20H26FN7. The lowest BCUT2D eigenvalue weighted by Gasteiger charge is -2.34. The van der Waals surface area contributed by atoms with Crippen molar-refractivity contribution >= 4 is 11.6 Å². The molecule has 0 radical (unpaired) electrons. The Morgan fingerprint density at radius 3 is 3.00 bits per heavy atom. The zero-order chi connectivity index (χ0) is 19.9. The second-order valence-corrected chi connectivity index (χ2v) is 6.91. The van der Waals surface area contributed by atoms with Crippen LogP contribution in [0.25, 0.3) is 0 Å². The summed E-state index contributed by atoms with van der Waals surface area (Å²) in [5.41, 5.74) is 1.90. The number of guanidine groups is 1. The van der Waals surface area contributed by atoms with Crippen LogP contribution in [0.4, 0.5) is 10.1 Å². The predicted molar refractivity (Wildman–Crippen MR) is 108 cm³/mol. The SMILES string of the molecule is CCNC(=NCc1ccc(C#N)cc1F)NC1CCCN(c2cnn(C)c2)C1. The summed E-state index contributed by atoms with van der Waals surface area (Å²) in [4.78, 5) is 6.85. The van der Waals surface area contributed by atoms with Crippen molar-refractivity contribution in [2.75, 3.05) is 24.5 Å². The standard InChI is InChI=1S/C20H26FN7/c1-3-23-20(24-11-16-7-6-15(10-22)9-19(16)21)26-17-5-4-8-28(13-17)18-12-25-27(2)14-18/h6-7,9,12,14,17H,3-5,8,11,13H2,1-2H3,(H2,23,24,26). The van der Waals surface area contributed by atoms with Crippen LogP contribution in [-0.2, 0) is 13.6 Å². The van der Waals surface area contributed by atoms with Gasteiger partial charge in [-0.15, -0.1) is 0 Å². The molecule has 0 spiro atoms. The third-order valence-corrected chi connectivity index (χ3v) is 4.75. The Labute approximate surface area is 164 Å². The maximum atomic E-state index is 14.1. The lowest BCUT2D eigenvalue weighted by molar-refractivity contribution is 0.468. The second-order valence-electron chi connectivity index (χ2n) is 6.91. The number of hydrogen-bond acceptors (Lipinski definition) is 4. The van der Waals surface area contributed by atoms with Crippen LogP contribution in [0.1, 0.15) is 30.9 Å². The fourth-order valence-corrected chi connectivity index (χ4v) is 3.32. The minimum Gasteiger partial charge on any atom is -0.367 e. The number of piperidine rings is 1. The van der Waals surface area contributed by atoms with Gasteiger partial charge in [0.2, 0.25) is 0 Å². The number of halogens is 1. The molecule has 1 fully saturated rings. The molecule has 0 bridgehead atoms. The van der Waals surface area contributed by atoms with E-state index in [1.165, 1.54) is 6.07 Å². The Bertz CT molecular complexity index is 868. The first-order valence-electron chi connectivity index (χ1n) is 9.56. The maximum absolute atomic E-state index is 14.1. The van der Waals surface area contributed by atoms with Crippen LogP contribution in [0.15, 0.2) is 35.6 Å². The summed E-state index contributed by atoms with van der Waals surface area (Å²) in [7, 11) is 1.92. The molecule has 0 saturated carbocycles. The van der Waals surface area contributed by atoms with Crippen LogP contribution < -0.4 is 15.5 Å². The van der Waals surface area contributed by atoms with Gasteiger partial charge >= 0.3 is 0 Å². The number of aliphatic imine (C=N–C) groups is 1. The summed E-state index contributed by atoms with van der Waals surface area (Å²) < 4.78 is 15.9. The highest BCUT2D eigenvalue weighted by atomic mass is 19.1. The molecule has 2 N–H and O–H groups in total. The quantitative estimate of drug-likeness (QED) is 0.611. The van der Waals surface area contributed by atoms with E-state index in [1.807, 2.05) is 37.1 Å². The van der Waals surface area contributed by atoms with Crippen LogP contribution in [-0.4, -0.2) is 41.4 Å². The van der Waals surface area contributed by atoms with Gasteiger partial charge in [-0.3, -0.25) is 4.68 Å². The molecule has 1 atom stereocenters. The monoisotopic (exact) mass is 383 g/mol. The highest BCUT2D eigenvalue weighted by Gasteiger charge is 2.21. The second kappa shape index (κ2) is 9.22. The molecule has 2 heterocycles. The van der Waals surface area contributed by atoms with Crippen molar-refractivity contribution in [1.82, 2.24) is 20.4 Å². The zero-order valence-corrected chi connectivity index (χ0v) is 16.3. The molecule has 8 heteroatoms. The van der Waals surface area contributed by atoms with E-state index in [2.05, 4.69) is 25.6 Å². The van der Waals surface area contributed by atoms with Gasteiger partial charge in [0, 0.05) is 44.5 Å². The van der Waals surface area contributed by atoms with Crippen molar-refractivity contribution in [1.29, 1.82) is 5.26 Å². The number of aromatic nitrogens is 2. The summed E-state index contributed by atoms with van der Waals surface area (Å²) in [5, 5.41) is 19.8. The fourth-order valence-electron chi connectivity index (χ4n) is 3.32. The van der Waals surface area contributed by atoms with Crippen molar-refractivity contribution in [2.45, 2.75) is 32.4 Å². The Morgan fingerprint density at radius 2 is 2.32 bits per heavy atom. The number of nitriles is 1. The van der Waals surface area contributed by atoms with E-state index < -0.39 is 5.82 Å². The predicted octanol–water partition coefficient (Wildman–Crippen LogP) is 2.15. The molecule has 1 aliphatic heterocycles. The van der Waals surface area contributed by atoms with E-state index in [0.29, 0.717) is 17.1 Å². The summed E-state index contributed by atoms with van der Waals surface area (Å²) in [6.45, 7) is 4.81. The van der Waals surface area contributed by atoms with Gasteiger partial charge in [0.25, 0.3) is 0 Å². The van der Waals surface area contributed by atoms with Gasteiger partial charge in [-0.05, 0) is 31.9 Å². The molecule has 148 valence electrons. The smallest absolute Gasteiger partial charge is 0.191 e. The van der Waals surface area contributed by atoms with Gasteiger partial charge in [0.1, 0.15) is 5.82 Å². The molecule has 1 unspecified atom stereocenters. The molecule has 28 heavy (non-hydrogen) atoms. The van der Waals surface area contributed by atoms with Crippen LogP contribution in [0, 0.1) is 17.1 Å². The number of nitrogens with one attached hydrogen (secondary N) is 2. The first-order valence-corrected chi connectivity index (χ1v) is 9.56. The minimum atomic E-state index is -0.404. The van der Waals surface area contributed by atoms with Gasteiger partial charge in [-0.2, -0.15) is 10.4 Å². The van der Waals surface area contributed by atoms with Crippen LogP contribution >= 0.6 is 0 Å². The van der Waals surface area contributed by atoms with Crippen LogP contribution in [0.2, 0.25) is 0 Å². The van der Waals surface area contributed by atoms with Gasteiger partial charge in [0.05, 0.1) is 30.1 Å². The number of anilines is 1. The first kappa shape index (κ1) is 19.7. The summed E-state index contributed by atoms with van der Waals surface area (Å²) in [5.74, 6) is 0.267. The van der Waals surface area contributed by atoms with E-state index in [9.17, 15) is 4.39 Å². The molecular weight excluding hydrogens is 357 g/mol. The van der Waals surface area contributed by atoms with Crippen LogP contribution in [0.3, 0.4) is 0 Å². The first-order chi connectivity index (χ1) is 13.6. The van der Waals surface area contributed by atoms with E-state index >= 15 is 0 Å². The van der Waals surface area contributed by atoms with Crippen molar-refractivity contribution in [3.63, 3.8) is 0 Å². The van der Waals surface area contributed by atoms with E-state index in [1.54, 1.807) is 12.1 Å². The molecule has 0 amide bonds. The van der Waals surface area contributed by atoms with E-state index in [-0.39, 0.29) is 12.6 Å². The van der Waals surface area contributed by atoms with E-state index in [0.717, 1.165) is 38.2 Å². The molecule has 1 aromatic heterocycles. The number of nitrogens with zero attached hydrogens (tertiary/aromatic N) is 5. The van der Waals surface area contributed by atoms with E-state index in [4.69, 9.17) is 5.26 Å². The largest absolute Gasteiger partial charge is 0.367 e. The molecule has 7 nitrogen and oxygen atoms in total. The highest BCUT2D eigenvalue weighted by Crippen LogP contribution is 2.19. The van der Waals surface area contributed by atoms with Gasteiger partial charge in [-0.1, -0.05) is 6.07 Å². The molecule has 1 aromatic carbocycles. The maximum Gasteiger partial charge on any atom is 0.191 e. The minimum absolute atomic E-state index is 0.214. The lowest BCUT2D eigenvalue weighted by atomic mass is 10.1. The summed E-state index contributed by atoms with van der Waals surface area (Å²) in [6.07, 6.45) is 6.04. The van der Waals surface area contributed by atoms with Crippen molar-refractivity contribution in [3.05, 3.63) is 47.5 Å². The molecule has 1 saturated heterocycles. The molecule has 2 aromatic rings. The number of hydrogen-bond donors (Lipinski definition) is 2. The zero-order valence-electron chi connectivity index (χ0n) is 16.3. The Kier molecular flexibility index (Phi) is 6.48. The van der Waals surface area contributed by atoms with Crippen LogP contribution in [0.5, 0.6) is 0 Å². The molecule has 0 aliphatic carbocycles. The average Bonchev–Trinajstić information content (AvgIpc) is 3.13. The molecule has 1 aliphatic rings. The van der Waals surface area contributed by atoms with Crippen molar-refractivity contribution in [3.8, 4) is 6.07 Å². The van der Waals surface area contributed by atoms with Gasteiger partial charge in [-0.25, -0.2) is 9.38 Å². The summed E-state index contributed by atoms with van der Waals surface area (Å²) >= 11 is 0. The van der Waals surface area contributed by atoms with Gasteiger partial charge in [0.15, 0.2) is 5.96 Å². The molecule has 3 rings (SSSR count). The normalized spacial score (nSPS) is 17.3.